The Kier molecular flexibility index (Phi) is 4.97. The summed E-state index contributed by atoms with van der Waals surface area (Å²) in [6.45, 7) is 2.69. The van der Waals surface area contributed by atoms with Gasteiger partial charge in [-0.2, -0.15) is 0 Å². The number of carbonyl (C=O) groups is 2. The number of rotatable bonds is 4. The van der Waals surface area contributed by atoms with Crippen LogP contribution < -0.4 is 15.5 Å². The molecule has 1 saturated heterocycles. The van der Waals surface area contributed by atoms with E-state index in [-0.39, 0.29) is 17.8 Å². The minimum atomic E-state index is -0.355. The summed E-state index contributed by atoms with van der Waals surface area (Å²) in [5, 5.41) is 5.49. The first-order chi connectivity index (χ1) is 12.0. The van der Waals surface area contributed by atoms with Crippen molar-refractivity contribution in [1.29, 1.82) is 0 Å². The molecule has 1 heterocycles. The zero-order valence-corrected chi connectivity index (χ0v) is 14.0. The number of hydrogen-bond donors (Lipinski definition) is 2. The van der Waals surface area contributed by atoms with E-state index in [0.29, 0.717) is 30.8 Å². The molecule has 6 heteroatoms. The van der Waals surface area contributed by atoms with Gasteiger partial charge in [0.2, 0.25) is 5.91 Å². The predicted molar refractivity (Wildman–Crippen MR) is 95.0 cm³/mol. The van der Waals surface area contributed by atoms with E-state index in [4.69, 9.17) is 0 Å². The quantitative estimate of drug-likeness (QED) is 0.893. The van der Waals surface area contributed by atoms with Crippen molar-refractivity contribution in [3.8, 4) is 0 Å². The number of aryl methyl sites for hydroxylation is 1. The van der Waals surface area contributed by atoms with E-state index in [1.807, 2.05) is 6.07 Å². The lowest BCUT2D eigenvalue weighted by Gasteiger charge is -2.17. The number of amides is 3. The summed E-state index contributed by atoms with van der Waals surface area (Å²) in [4.78, 5) is 25.6. The molecule has 25 heavy (non-hydrogen) atoms. The largest absolute Gasteiger partial charge is 0.334 e. The molecule has 0 bridgehead atoms. The number of urea groups is 1. The number of nitrogens with one attached hydrogen (secondary N) is 2. The molecule has 1 aliphatic rings. The lowest BCUT2D eigenvalue weighted by atomic mass is 10.1. The Bertz CT molecular complexity index is 807. The fourth-order valence-corrected chi connectivity index (χ4v) is 2.85. The molecule has 1 fully saturated rings. The van der Waals surface area contributed by atoms with E-state index in [0.717, 1.165) is 17.7 Å². The minimum Gasteiger partial charge on any atom is -0.334 e. The first kappa shape index (κ1) is 17.0. The SMILES string of the molecule is Cc1cc(CNC(=O)Nc2cccc(N3CCCC3=O)c2)ccc1F. The second kappa shape index (κ2) is 7.34. The van der Waals surface area contributed by atoms with Crippen molar-refractivity contribution in [3.63, 3.8) is 0 Å². The molecule has 3 amide bonds. The summed E-state index contributed by atoms with van der Waals surface area (Å²) in [7, 11) is 0. The molecule has 5 nitrogen and oxygen atoms in total. The van der Waals surface area contributed by atoms with Crippen LogP contribution >= 0.6 is 0 Å². The molecule has 0 radical (unpaired) electrons. The van der Waals surface area contributed by atoms with E-state index >= 15 is 0 Å². The van der Waals surface area contributed by atoms with Gasteiger partial charge in [-0.1, -0.05) is 18.2 Å². The van der Waals surface area contributed by atoms with Gasteiger partial charge in [0, 0.05) is 30.9 Å². The smallest absolute Gasteiger partial charge is 0.319 e. The molecule has 2 N–H and O–H groups in total. The van der Waals surface area contributed by atoms with Crippen LogP contribution in [0.15, 0.2) is 42.5 Å². The van der Waals surface area contributed by atoms with E-state index in [9.17, 15) is 14.0 Å². The second-order valence-corrected chi connectivity index (χ2v) is 6.09. The number of hydrogen-bond acceptors (Lipinski definition) is 2. The first-order valence-corrected chi connectivity index (χ1v) is 8.23. The fraction of sp³-hybridized carbons (Fsp3) is 0.263. The summed E-state index contributed by atoms with van der Waals surface area (Å²) >= 11 is 0. The number of nitrogens with zero attached hydrogens (tertiary/aromatic N) is 1. The fourth-order valence-electron chi connectivity index (χ4n) is 2.85. The molecule has 1 aliphatic heterocycles. The zero-order valence-electron chi connectivity index (χ0n) is 14.0. The van der Waals surface area contributed by atoms with Gasteiger partial charge in [0.15, 0.2) is 0 Å². The van der Waals surface area contributed by atoms with E-state index in [1.54, 1.807) is 42.2 Å². The van der Waals surface area contributed by atoms with Gasteiger partial charge in [-0.15, -0.1) is 0 Å². The Morgan fingerprint density at radius 3 is 2.80 bits per heavy atom. The first-order valence-electron chi connectivity index (χ1n) is 8.23. The normalized spacial score (nSPS) is 13.8. The van der Waals surface area contributed by atoms with Gasteiger partial charge in [0.1, 0.15) is 5.82 Å². The second-order valence-electron chi connectivity index (χ2n) is 6.09. The third kappa shape index (κ3) is 4.15. The van der Waals surface area contributed by atoms with Crippen LogP contribution in [0.3, 0.4) is 0 Å². The van der Waals surface area contributed by atoms with Crippen molar-refractivity contribution < 1.29 is 14.0 Å². The summed E-state index contributed by atoms with van der Waals surface area (Å²) in [5.74, 6) is -0.158. The lowest BCUT2D eigenvalue weighted by Crippen LogP contribution is -2.28. The van der Waals surface area contributed by atoms with Gasteiger partial charge in [-0.3, -0.25) is 4.79 Å². The van der Waals surface area contributed by atoms with Gasteiger partial charge in [-0.05, 0) is 48.7 Å². The van der Waals surface area contributed by atoms with Gasteiger partial charge in [0.05, 0.1) is 0 Å². The minimum absolute atomic E-state index is 0.105. The van der Waals surface area contributed by atoms with Gasteiger partial charge >= 0.3 is 6.03 Å². The van der Waals surface area contributed by atoms with Crippen molar-refractivity contribution in [2.24, 2.45) is 0 Å². The molecule has 0 aromatic heterocycles. The molecule has 0 aliphatic carbocycles. The Morgan fingerprint density at radius 1 is 1.24 bits per heavy atom. The third-order valence-electron chi connectivity index (χ3n) is 4.16. The molecular formula is C19H20FN3O2. The Hall–Kier alpha value is -2.89. The highest BCUT2D eigenvalue weighted by Gasteiger charge is 2.21. The summed E-state index contributed by atoms with van der Waals surface area (Å²) in [6.07, 6.45) is 1.42. The lowest BCUT2D eigenvalue weighted by molar-refractivity contribution is -0.117. The molecule has 0 saturated carbocycles. The van der Waals surface area contributed by atoms with Crippen LogP contribution in [0.2, 0.25) is 0 Å². The molecule has 0 spiro atoms. The highest BCUT2D eigenvalue weighted by molar-refractivity contribution is 5.96. The number of halogens is 1. The summed E-state index contributed by atoms with van der Waals surface area (Å²) in [5.41, 5.74) is 2.77. The van der Waals surface area contributed by atoms with E-state index in [2.05, 4.69) is 10.6 Å². The van der Waals surface area contributed by atoms with Crippen molar-refractivity contribution in [3.05, 3.63) is 59.4 Å². The Balaban J connectivity index is 1.59. The van der Waals surface area contributed by atoms with Crippen molar-refractivity contribution >= 4 is 23.3 Å². The maximum Gasteiger partial charge on any atom is 0.319 e. The monoisotopic (exact) mass is 341 g/mol. The highest BCUT2D eigenvalue weighted by atomic mass is 19.1. The van der Waals surface area contributed by atoms with E-state index in [1.165, 1.54) is 6.07 Å². The molecule has 2 aromatic carbocycles. The molecule has 3 rings (SSSR count). The summed E-state index contributed by atoms with van der Waals surface area (Å²) in [6, 6.07) is 11.6. The maximum absolute atomic E-state index is 13.3. The predicted octanol–water partition coefficient (Wildman–Crippen LogP) is 3.58. The van der Waals surface area contributed by atoms with Crippen LogP contribution in [0.25, 0.3) is 0 Å². The van der Waals surface area contributed by atoms with Crippen LogP contribution in [0.4, 0.5) is 20.6 Å². The zero-order chi connectivity index (χ0) is 17.8. The van der Waals surface area contributed by atoms with Crippen molar-refractivity contribution in [1.82, 2.24) is 5.32 Å². The molecule has 2 aromatic rings. The van der Waals surface area contributed by atoms with Crippen LogP contribution in [0, 0.1) is 12.7 Å². The van der Waals surface area contributed by atoms with E-state index < -0.39 is 0 Å². The average Bonchev–Trinajstić information content (AvgIpc) is 3.02. The van der Waals surface area contributed by atoms with Crippen molar-refractivity contribution in [2.45, 2.75) is 26.3 Å². The molecule has 0 atom stereocenters. The molecular weight excluding hydrogens is 321 g/mol. The number of carbonyl (C=O) groups excluding carboxylic acids is 2. The topological polar surface area (TPSA) is 61.4 Å². The number of anilines is 2. The van der Waals surface area contributed by atoms with Gasteiger partial charge in [0.25, 0.3) is 0 Å². The molecule has 0 unspecified atom stereocenters. The third-order valence-corrected chi connectivity index (χ3v) is 4.16. The van der Waals surface area contributed by atoms with Gasteiger partial charge < -0.3 is 15.5 Å². The number of benzene rings is 2. The van der Waals surface area contributed by atoms with Crippen molar-refractivity contribution in [2.75, 3.05) is 16.8 Å². The Labute approximate surface area is 145 Å². The summed E-state index contributed by atoms with van der Waals surface area (Å²) < 4.78 is 13.3. The Morgan fingerprint density at radius 2 is 2.08 bits per heavy atom. The maximum atomic E-state index is 13.3. The van der Waals surface area contributed by atoms with Crippen LogP contribution in [0.1, 0.15) is 24.0 Å². The molecule has 130 valence electrons. The van der Waals surface area contributed by atoms with Crippen LogP contribution in [-0.4, -0.2) is 18.5 Å². The van der Waals surface area contributed by atoms with Crippen LogP contribution in [0.5, 0.6) is 0 Å². The average molecular weight is 341 g/mol. The van der Waals surface area contributed by atoms with Crippen LogP contribution in [-0.2, 0) is 11.3 Å². The van der Waals surface area contributed by atoms with Gasteiger partial charge in [-0.25, -0.2) is 9.18 Å². The standard InChI is InChI=1S/C19H20FN3O2/c1-13-10-14(7-8-17(13)20)12-21-19(25)22-15-4-2-5-16(11-15)23-9-3-6-18(23)24/h2,4-5,7-8,10-11H,3,6,9,12H2,1H3,(H2,21,22,25). The highest BCUT2D eigenvalue weighted by Crippen LogP contribution is 2.24.